The Hall–Kier alpha value is -2.90. The van der Waals surface area contributed by atoms with Gasteiger partial charge < -0.3 is 13.9 Å². The number of carbonyl (C=O) groups excluding carboxylic acids is 2. The third kappa shape index (κ3) is 5.57. The van der Waals surface area contributed by atoms with Crippen LogP contribution >= 0.6 is 0 Å². The summed E-state index contributed by atoms with van der Waals surface area (Å²) in [6.07, 6.45) is 2.96. The predicted octanol–water partition coefficient (Wildman–Crippen LogP) is 4.53. The quantitative estimate of drug-likeness (QED) is 0.297. The lowest BCUT2D eigenvalue weighted by Gasteiger charge is -2.47. The minimum atomic E-state index is -2.78. The molecule has 0 radical (unpaired) electrons. The molecular weight excluding hydrogens is 470 g/mol. The van der Waals surface area contributed by atoms with Crippen LogP contribution in [0.3, 0.4) is 0 Å². The van der Waals surface area contributed by atoms with Crippen LogP contribution in [0.5, 0.6) is 0 Å². The van der Waals surface area contributed by atoms with Gasteiger partial charge in [-0.1, -0.05) is 87.5 Å². The zero-order valence-electron chi connectivity index (χ0n) is 22.1. The van der Waals surface area contributed by atoms with Gasteiger partial charge in [0.15, 0.2) is 0 Å². The van der Waals surface area contributed by atoms with Crippen molar-refractivity contribution in [3.8, 4) is 0 Å². The first-order valence-corrected chi connectivity index (χ1v) is 14.4. The summed E-state index contributed by atoms with van der Waals surface area (Å²) in [6, 6.07) is 20.2. The van der Waals surface area contributed by atoms with Crippen molar-refractivity contribution in [2.45, 2.75) is 57.2 Å². The number of piperidine rings is 1. The molecule has 1 saturated heterocycles. The number of benzene rings is 2. The van der Waals surface area contributed by atoms with E-state index < -0.39 is 20.5 Å². The molecule has 2 aromatic carbocycles. The highest BCUT2D eigenvalue weighted by molar-refractivity contribution is 6.99. The Bertz CT molecular complexity index is 981. The topological polar surface area (TPSA) is 65.1 Å². The lowest BCUT2D eigenvalue weighted by atomic mass is 9.84. The van der Waals surface area contributed by atoms with Gasteiger partial charge in [0.05, 0.1) is 39.3 Å². The summed E-state index contributed by atoms with van der Waals surface area (Å²) in [7, 11) is -0.0532. The molecule has 36 heavy (non-hydrogen) atoms. The predicted molar refractivity (Wildman–Crippen MR) is 145 cm³/mol. The van der Waals surface area contributed by atoms with E-state index in [0.717, 1.165) is 12.8 Å². The fourth-order valence-electron chi connectivity index (χ4n) is 5.51. The molecule has 1 aliphatic heterocycles. The van der Waals surface area contributed by atoms with Crippen LogP contribution in [0.4, 0.5) is 4.79 Å². The van der Waals surface area contributed by atoms with Gasteiger partial charge in [0.2, 0.25) is 0 Å². The van der Waals surface area contributed by atoms with Crippen LogP contribution in [0.15, 0.2) is 73.3 Å². The zero-order valence-corrected chi connectivity index (χ0v) is 23.1. The third-order valence-corrected chi connectivity index (χ3v) is 12.3. The van der Waals surface area contributed by atoms with E-state index in [4.69, 9.17) is 13.9 Å². The summed E-state index contributed by atoms with van der Waals surface area (Å²) in [4.78, 5) is 27.0. The first kappa shape index (κ1) is 27.7. The molecule has 0 aromatic heterocycles. The summed E-state index contributed by atoms with van der Waals surface area (Å²) in [5.41, 5.74) is 0. The Balaban J connectivity index is 2.04. The number of rotatable bonds is 8. The number of ether oxygens (including phenoxy) is 2. The third-order valence-electron chi connectivity index (χ3n) is 7.28. The standard InChI is InChI=1S/C29H39NO5Si/c1-7-22-18-19-23(30(28(32)34-6)26(22)20-27(31)33-5)21-35-36(29(2,3)4,24-14-10-8-11-15-24)25-16-12-9-13-17-25/h7-17,22-23,26H,1,18-21H2,2-6H3/t22-,23+,26+/m1/s1. The van der Waals surface area contributed by atoms with Crippen molar-refractivity contribution in [3.63, 3.8) is 0 Å². The fraction of sp³-hybridized carbons (Fsp3) is 0.448. The van der Waals surface area contributed by atoms with E-state index in [1.165, 1.54) is 24.6 Å². The van der Waals surface area contributed by atoms with Crippen LogP contribution in [-0.4, -0.2) is 58.2 Å². The molecule has 194 valence electrons. The van der Waals surface area contributed by atoms with Crippen molar-refractivity contribution in [2.75, 3.05) is 20.8 Å². The normalized spacial score (nSPS) is 20.5. The van der Waals surface area contributed by atoms with Gasteiger partial charge in [0, 0.05) is 0 Å². The van der Waals surface area contributed by atoms with Crippen molar-refractivity contribution >= 4 is 30.8 Å². The van der Waals surface area contributed by atoms with Gasteiger partial charge in [-0.25, -0.2) is 4.79 Å². The Morgan fingerprint density at radius 3 is 1.97 bits per heavy atom. The lowest BCUT2D eigenvalue weighted by molar-refractivity contribution is -0.143. The number of nitrogens with zero attached hydrogens (tertiary/aromatic N) is 1. The van der Waals surface area contributed by atoms with Gasteiger partial charge in [-0.2, -0.15) is 0 Å². The van der Waals surface area contributed by atoms with Crippen LogP contribution in [-0.2, 0) is 18.7 Å². The second-order valence-electron chi connectivity index (χ2n) is 10.3. The van der Waals surface area contributed by atoms with Crippen molar-refractivity contribution in [1.82, 2.24) is 4.90 Å². The van der Waals surface area contributed by atoms with Crippen molar-refractivity contribution in [2.24, 2.45) is 5.92 Å². The molecule has 0 N–H and O–H groups in total. The lowest BCUT2D eigenvalue weighted by Crippen LogP contribution is -2.68. The second kappa shape index (κ2) is 11.9. The fourth-order valence-corrected chi connectivity index (χ4v) is 10.1. The van der Waals surface area contributed by atoms with Crippen molar-refractivity contribution in [1.29, 1.82) is 0 Å². The van der Waals surface area contributed by atoms with Crippen LogP contribution in [0, 0.1) is 5.92 Å². The molecule has 0 bridgehead atoms. The zero-order chi connectivity index (χ0) is 26.3. The first-order chi connectivity index (χ1) is 17.2. The summed E-state index contributed by atoms with van der Waals surface area (Å²) in [5, 5.41) is 2.17. The average molecular weight is 510 g/mol. The molecule has 0 saturated carbocycles. The molecule has 2 aromatic rings. The van der Waals surface area contributed by atoms with E-state index in [0.29, 0.717) is 6.61 Å². The highest BCUT2D eigenvalue weighted by Crippen LogP contribution is 2.38. The minimum absolute atomic E-state index is 0.0349. The Morgan fingerprint density at radius 1 is 0.972 bits per heavy atom. The molecule has 1 fully saturated rings. The van der Waals surface area contributed by atoms with Gasteiger partial charge in [-0.3, -0.25) is 9.69 Å². The number of methoxy groups -OCH3 is 2. The first-order valence-electron chi connectivity index (χ1n) is 12.5. The van der Waals surface area contributed by atoms with Gasteiger partial charge in [0.1, 0.15) is 0 Å². The smallest absolute Gasteiger partial charge is 0.410 e. The summed E-state index contributed by atoms with van der Waals surface area (Å²) in [6.45, 7) is 11.0. The monoisotopic (exact) mass is 509 g/mol. The van der Waals surface area contributed by atoms with Gasteiger partial charge in [-0.15, -0.1) is 6.58 Å². The molecule has 3 rings (SSSR count). The molecule has 0 aliphatic carbocycles. The number of likely N-dealkylation sites (tertiary alicyclic amines) is 1. The number of esters is 1. The highest BCUT2D eigenvalue weighted by Gasteiger charge is 2.51. The maximum atomic E-state index is 13.1. The largest absolute Gasteiger partial charge is 0.469 e. The molecular formula is C29H39NO5Si. The molecule has 0 unspecified atom stereocenters. The summed E-state index contributed by atoms with van der Waals surface area (Å²) >= 11 is 0. The van der Waals surface area contributed by atoms with Crippen LogP contribution in [0.1, 0.15) is 40.0 Å². The van der Waals surface area contributed by atoms with Crippen LogP contribution in [0.2, 0.25) is 5.04 Å². The van der Waals surface area contributed by atoms with Crippen molar-refractivity contribution < 1.29 is 23.5 Å². The van der Waals surface area contributed by atoms with E-state index in [1.54, 1.807) is 4.90 Å². The summed E-state index contributed by atoms with van der Waals surface area (Å²) in [5.74, 6) is -0.401. The molecule has 6 nitrogen and oxygen atoms in total. The number of hydrogen-bond donors (Lipinski definition) is 0. The molecule has 7 heteroatoms. The Morgan fingerprint density at radius 2 is 1.53 bits per heavy atom. The number of amides is 1. The van der Waals surface area contributed by atoms with E-state index in [9.17, 15) is 9.59 Å². The highest BCUT2D eigenvalue weighted by atomic mass is 28.4. The van der Waals surface area contributed by atoms with Gasteiger partial charge in [-0.05, 0) is 34.2 Å². The summed E-state index contributed by atoms with van der Waals surface area (Å²) < 4.78 is 17.3. The number of hydrogen-bond acceptors (Lipinski definition) is 5. The molecule has 1 aliphatic rings. The van der Waals surface area contributed by atoms with E-state index >= 15 is 0 Å². The molecule has 1 amide bonds. The maximum absolute atomic E-state index is 13.1. The van der Waals surface area contributed by atoms with Gasteiger partial charge >= 0.3 is 12.1 Å². The SMILES string of the molecule is C=C[C@@H]1CC[C@@H](CO[Si](c2ccccc2)(c2ccccc2)C(C)(C)C)N(C(=O)OC)[C@H]1CC(=O)OC. The number of carbonyl (C=O) groups is 2. The average Bonchev–Trinajstić information content (AvgIpc) is 2.89. The minimum Gasteiger partial charge on any atom is -0.469 e. The van der Waals surface area contributed by atoms with Crippen molar-refractivity contribution in [3.05, 3.63) is 73.3 Å². The molecule has 1 heterocycles. The van der Waals surface area contributed by atoms with Crippen LogP contribution in [0.25, 0.3) is 0 Å². The Labute approximate surface area is 216 Å². The van der Waals surface area contributed by atoms with E-state index in [-0.39, 0.29) is 29.4 Å². The molecule has 0 spiro atoms. The Kier molecular flexibility index (Phi) is 9.14. The van der Waals surface area contributed by atoms with E-state index in [2.05, 4.69) is 75.9 Å². The maximum Gasteiger partial charge on any atom is 0.410 e. The van der Waals surface area contributed by atoms with Gasteiger partial charge in [0.25, 0.3) is 8.32 Å². The van der Waals surface area contributed by atoms with Crippen LogP contribution < -0.4 is 10.4 Å². The molecule has 3 atom stereocenters. The van der Waals surface area contributed by atoms with E-state index in [1.807, 2.05) is 18.2 Å². The second-order valence-corrected chi connectivity index (χ2v) is 14.6.